The van der Waals surface area contributed by atoms with Gasteiger partial charge >= 0.3 is 5.97 Å². The first kappa shape index (κ1) is 20.2. The number of carbonyl (C=O) groups excluding carboxylic acids is 1. The molecule has 0 aliphatic heterocycles. The number of hydrogen-bond acceptors (Lipinski definition) is 3. The molecule has 4 heteroatoms. The number of benzene rings is 1. The molecule has 2 N–H and O–H groups in total. The molecule has 4 nitrogen and oxygen atoms in total. The van der Waals surface area contributed by atoms with E-state index in [0.29, 0.717) is 12.0 Å². The molecule has 1 aliphatic carbocycles. The third kappa shape index (κ3) is 4.35. The summed E-state index contributed by atoms with van der Waals surface area (Å²) in [5.74, 6) is -1.52. The van der Waals surface area contributed by atoms with E-state index in [1.807, 2.05) is 13.0 Å². The molecule has 0 heterocycles. The molecule has 2 rings (SSSR count). The van der Waals surface area contributed by atoms with Crippen molar-refractivity contribution in [3.8, 4) is 5.75 Å². The lowest BCUT2D eigenvalue weighted by molar-refractivity contribution is -0.121. The number of carboxylic acids is 1. The van der Waals surface area contributed by atoms with Crippen molar-refractivity contribution in [3.05, 3.63) is 40.5 Å². The topological polar surface area (TPSA) is 74.6 Å². The second-order valence-corrected chi connectivity index (χ2v) is 7.64. The molecule has 3 atom stereocenters. The molecule has 1 aliphatic rings. The SMILES string of the molecule is CCCCC(C)c1cc(O)c([C@@H]2C=C(C)CC[C@H]2C(C)=O)c(C(=O)O)c1. The van der Waals surface area contributed by atoms with Gasteiger partial charge in [-0.3, -0.25) is 4.79 Å². The van der Waals surface area contributed by atoms with Crippen LogP contribution in [0.5, 0.6) is 5.75 Å². The number of aromatic hydroxyl groups is 1. The van der Waals surface area contributed by atoms with Crippen LogP contribution in [-0.2, 0) is 4.79 Å². The van der Waals surface area contributed by atoms with Crippen LogP contribution in [-0.4, -0.2) is 22.0 Å². The predicted octanol–water partition coefficient (Wildman–Crippen LogP) is 5.41. The number of rotatable bonds is 7. The Bertz CT molecular complexity index is 717. The molecule has 0 fully saturated rings. The Morgan fingerprint density at radius 2 is 2.00 bits per heavy atom. The zero-order valence-corrected chi connectivity index (χ0v) is 16.2. The van der Waals surface area contributed by atoms with Crippen molar-refractivity contribution >= 4 is 11.8 Å². The molecule has 26 heavy (non-hydrogen) atoms. The second kappa shape index (κ2) is 8.52. The first-order valence-corrected chi connectivity index (χ1v) is 9.54. The fraction of sp³-hybridized carbons (Fsp3) is 0.545. The van der Waals surface area contributed by atoms with E-state index in [1.54, 1.807) is 19.1 Å². The Morgan fingerprint density at radius 1 is 1.31 bits per heavy atom. The molecule has 0 amide bonds. The Morgan fingerprint density at radius 3 is 2.58 bits per heavy atom. The number of Topliss-reactive ketones (excluding diaryl/α,β-unsaturated/α-hetero) is 1. The lowest BCUT2D eigenvalue weighted by atomic mass is 9.73. The van der Waals surface area contributed by atoms with Gasteiger partial charge < -0.3 is 10.2 Å². The van der Waals surface area contributed by atoms with E-state index < -0.39 is 5.97 Å². The van der Waals surface area contributed by atoms with Crippen LogP contribution in [0.15, 0.2) is 23.8 Å². The van der Waals surface area contributed by atoms with Gasteiger partial charge in [0.15, 0.2) is 0 Å². The number of aromatic carboxylic acids is 1. The van der Waals surface area contributed by atoms with E-state index in [4.69, 9.17) is 0 Å². The highest BCUT2D eigenvalue weighted by Crippen LogP contribution is 2.43. The average molecular weight is 358 g/mol. The highest BCUT2D eigenvalue weighted by molar-refractivity contribution is 5.92. The number of phenols is 1. The van der Waals surface area contributed by atoms with Crippen LogP contribution in [0.2, 0.25) is 0 Å². The number of hydrogen-bond donors (Lipinski definition) is 2. The second-order valence-electron chi connectivity index (χ2n) is 7.64. The van der Waals surface area contributed by atoms with Gasteiger partial charge in [0.1, 0.15) is 11.5 Å². The molecule has 0 spiro atoms. The molecular weight excluding hydrogens is 328 g/mol. The number of allylic oxidation sites excluding steroid dienone is 2. The fourth-order valence-corrected chi connectivity index (χ4v) is 3.96. The van der Waals surface area contributed by atoms with E-state index in [-0.39, 0.29) is 34.8 Å². The van der Waals surface area contributed by atoms with Crippen molar-refractivity contribution in [2.75, 3.05) is 0 Å². The zero-order chi connectivity index (χ0) is 19.4. The summed E-state index contributed by atoms with van der Waals surface area (Å²) < 4.78 is 0. The summed E-state index contributed by atoms with van der Waals surface area (Å²) in [6.45, 7) is 7.71. The van der Waals surface area contributed by atoms with Gasteiger partial charge in [0, 0.05) is 17.4 Å². The summed E-state index contributed by atoms with van der Waals surface area (Å²) in [6, 6.07) is 3.38. The Kier molecular flexibility index (Phi) is 6.63. The van der Waals surface area contributed by atoms with Crippen molar-refractivity contribution in [2.45, 2.75) is 71.6 Å². The normalized spacial score (nSPS) is 21.2. The van der Waals surface area contributed by atoms with Crippen molar-refractivity contribution in [1.29, 1.82) is 0 Å². The first-order valence-electron chi connectivity index (χ1n) is 9.54. The maximum atomic E-state index is 12.1. The molecule has 0 bridgehead atoms. The standard InChI is InChI=1S/C22H30O4/c1-5-6-7-14(3)16-11-19(22(25)26)21(20(24)12-16)18-10-13(2)8-9-17(18)15(4)23/h10-12,14,17-18,24H,5-9H2,1-4H3,(H,25,26)/t14?,17-,18+/m0/s1. The molecule has 1 aromatic carbocycles. The third-order valence-electron chi connectivity index (χ3n) is 5.57. The third-order valence-corrected chi connectivity index (χ3v) is 5.57. The molecule has 1 aromatic rings. The summed E-state index contributed by atoms with van der Waals surface area (Å²) in [5.41, 5.74) is 2.46. The molecule has 0 aromatic heterocycles. The maximum absolute atomic E-state index is 12.1. The van der Waals surface area contributed by atoms with Gasteiger partial charge in [-0.15, -0.1) is 0 Å². The van der Waals surface area contributed by atoms with Crippen molar-refractivity contribution in [3.63, 3.8) is 0 Å². The predicted molar refractivity (Wildman–Crippen MR) is 103 cm³/mol. The van der Waals surface area contributed by atoms with E-state index in [9.17, 15) is 19.8 Å². The number of carbonyl (C=O) groups is 2. The van der Waals surface area contributed by atoms with Crippen LogP contribution in [0.25, 0.3) is 0 Å². The summed E-state index contributed by atoms with van der Waals surface area (Å²) in [4.78, 5) is 24.1. The molecule has 0 radical (unpaired) electrons. The van der Waals surface area contributed by atoms with Gasteiger partial charge in [0.05, 0.1) is 5.56 Å². The lowest BCUT2D eigenvalue weighted by Gasteiger charge is -2.30. The smallest absolute Gasteiger partial charge is 0.336 e. The summed E-state index contributed by atoms with van der Waals surface area (Å²) in [7, 11) is 0. The fourth-order valence-electron chi connectivity index (χ4n) is 3.96. The summed E-state index contributed by atoms with van der Waals surface area (Å²) in [5, 5.41) is 20.5. The van der Waals surface area contributed by atoms with Gasteiger partial charge in [0.2, 0.25) is 0 Å². The van der Waals surface area contributed by atoms with Crippen molar-refractivity contribution < 1.29 is 19.8 Å². The number of ketones is 1. The Labute approximate surface area is 155 Å². The quantitative estimate of drug-likeness (QED) is 0.639. The van der Waals surface area contributed by atoms with Crippen molar-refractivity contribution in [2.24, 2.45) is 5.92 Å². The van der Waals surface area contributed by atoms with Crippen LogP contribution < -0.4 is 0 Å². The molecule has 142 valence electrons. The number of carboxylic acid groups (broad SMARTS) is 1. The minimum Gasteiger partial charge on any atom is -0.508 e. The van der Waals surface area contributed by atoms with Gasteiger partial charge in [-0.25, -0.2) is 4.79 Å². The minimum absolute atomic E-state index is 0.00884. The molecule has 0 saturated heterocycles. The summed E-state index contributed by atoms with van der Waals surface area (Å²) in [6.07, 6.45) is 6.56. The zero-order valence-electron chi connectivity index (χ0n) is 16.2. The average Bonchev–Trinajstić information content (AvgIpc) is 2.58. The van der Waals surface area contributed by atoms with Gasteiger partial charge in [0.25, 0.3) is 0 Å². The van der Waals surface area contributed by atoms with Crippen LogP contribution in [0.3, 0.4) is 0 Å². The molecule has 0 saturated carbocycles. The van der Waals surface area contributed by atoms with Crippen LogP contribution >= 0.6 is 0 Å². The van der Waals surface area contributed by atoms with Crippen LogP contribution in [0.1, 0.15) is 93.1 Å². The van der Waals surface area contributed by atoms with Gasteiger partial charge in [-0.2, -0.15) is 0 Å². The largest absolute Gasteiger partial charge is 0.508 e. The highest BCUT2D eigenvalue weighted by atomic mass is 16.4. The highest BCUT2D eigenvalue weighted by Gasteiger charge is 2.33. The molecular formula is C22H30O4. The van der Waals surface area contributed by atoms with Gasteiger partial charge in [-0.05, 0) is 56.7 Å². The van der Waals surface area contributed by atoms with Crippen molar-refractivity contribution in [1.82, 2.24) is 0 Å². The van der Waals surface area contributed by atoms with Gasteiger partial charge in [-0.1, -0.05) is 38.3 Å². The number of unbranched alkanes of at least 4 members (excludes halogenated alkanes) is 1. The Balaban J connectivity index is 2.55. The monoisotopic (exact) mass is 358 g/mol. The number of phenolic OH excluding ortho intramolecular Hbond substituents is 1. The maximum Gasteiger partial charge on any atom is 0.336 e. The van der Waals surface area contributed by atoms with Crippen LogP contribution in [0.4, 0.5) is 0 Å². The van der Waals surface area contributed by atoms with E-state index >= 15 is 0 Å². The van der Waals surface area contributed by atoms with Crippen LogP contribution in [0, 0.1) is 5.92 Å². The van der Waals surface area contributed by atoms with E-state index in [0.717, 1.165) is 36.8 Å². The Hall–Kier alpha value is -2.10. The van der Waals surface area contributed by atoms with E-state index in [1.165, 1.54) is 0 Å². The lowest BCUT2D eigenvalue weighted by Crippen LogP contribution is -2.24. The first-order chi connectivity index (χ1) is 12.3. The molecule has 1 unspecified atom stereocenters. The summed E-state index contributed by atoms with van der Waals surface area (Å²) >= 11 is 0. The van der Waals surface area contributed by atoms with E-state index in [2.05, 4.69) is 13.8 Å². The minimum atomic E-state index is -1.06.